The lowest BCUT2D eigenvalue weighted by atomic mass is 9.84. The molecule has 0 amide bonds. The first-order chi connectivity index (χ1) is 11.0. The summed E-state index contributed by atoms with van der Waals surface area (Å²) in [6.07, 6.45) is 2.47. The quantitative estimate of drug-likeness (QED) is 0.727. The van der Waals surface area contributed by atoms with Crippen LogP contribution in [-0.2, 0) is 12.7 Å². The molecule has 0 aliphatic heterocycles. The summed E-state index contributed by atoms with van der Waals surface area (Å²) in [4.78, 5) is 0. The van der Waals surface area contributed by atoms with Crippen molar-refractivity contribution >= 4 is 0 Å². The normalized spacial score (nSPS) is 18.1. The summed E-state index contributed by atoms with van der Waals surface area (Å²) in [7, 11) is 0. The second-order valence-electron chi connectivity index (χ2n) is 6.51. The van der Waals surface area contributed by atoms with Crippen molar-refractivity contribution in [2.45, 2.75) is 57.8 Å². The van der Waals surface area contributed by atoms with E-state index in [4.69, 9.17) is 0 Å². The minimum Gasteiger partial charge on any atom is -0.313 e. The summed E-state index contributed by atoms with van der Waals surface area (Å²) >= 11 is 0. The zero-order valence-electron chi connectivity index (χ0n) is 13.8. The van der Waals surface area contributed by atoms with Crippen molar-refractivity contribution in [3.8, 4) is 0 Å². The van der Waals surface area contributed by atoms with E-state index in [1.54, 1.807) is 0 Å². The number of halogens is 3. The Labute approximate surface area is 136 Å². The average Bonchev–Trinajstić information content (AvgIpc) is 2.55. The van der Waals surface area contributed by atoms with Crippen LogP contribution >= 0.6 is 0 Å². The highest BCUT2D eigenvalue weighted by Gasteiger charge is 2.29. The first kappa shape index (κ1) is 18.3. The summed E-state index contributed by atoms with van der Waals surface area (Å²) in [5.41, 5.74) is 0.280. The van der Waals surface area contributed by atoms with Crippen LogP contribution in [0.2, 0.25) is 0 Å². The van der Waals surface area contributed by atoms with E-state index in [-0.39, 0.29) is 0 Å². The van der Waals surface area contributed by atoms with Crippen LogP contribution < -0.4 is 10.6 Å². The Morgan fingerprint density at radius 2 is 1.70 bits per heavy atom. The van der Waals surface area contributed by atoms with E-state index in [0.717, 1.165) is 36.7 Å². The fourth-order valence-electron chi connectivity index (χ4n) is 3.23. The number of nitrogens with one attached hydrogen (secondary N) is 2. The highest BCUT2D eigenvalue weighted by Crippen LogP contribution is 2.29. The molecule has 23 heavy (non-hydrogen) atoms. The van der Waals surface area contributed by atoms with Gasteiger partial charge in [0.1, 0.15) is 0 Å². The van der Waals surface area contributed by atoms with Crippen LogP contribution in [0.5, 0.6) is 0 Å². The summed E-state index contributed by atoms with van der Waals surface area (Å²) < 4.78 is 37.4. The number of rotatable bonds is 7. The highest BCUT2D eigenvalue weighted by atomic mass is 19.4. The molecule has 0 spiro atoms. The van der Waals surface area contributed by atoms with Gasteiger partial charge in [-0.2, -0.15) is 13.2 Å². The third kappa shape index (κ3) is 6.15. The Balaban J connectivity index is 1.61. The van der Waals surface area contributed by atoms with E-state index in [2.05, 4.69) is 17.6 Å². The second kappa shape index (κ2) is 8.69. The summed E-state index contributed by atoms with van der Waals surface area (Å²) in [5.74, 6) is 0.790. The summed E-state index contributed by atoms with van der Waals surface area (Å²) in [5, 5.41) is 6.83. The van der Waals surface area contributed by atoms with Crippen LogP contribution in [0.3, 0.4) is 0 Å². The Hall–Kier alpha value is -1.07. The van der Waals surface area contributed by atoms with Gasteiger partial charge in [0.15, 0.2) is 0 Å². The molecule has 1 aliphatic rings. The van der Waals surface area contributed by atoms with E-state index in [9.17, 15) is 13.2 Å². The van der Waals surface area contributed by atoms with Gasteiger partial charge in [-0.05, 0) is 43.4 Å². The highest BCUT2D eigenvalue weighted by molar-refractivity contribution is 5.24. The van der Waals surface area contributed by atoms with Crippen molar-refractivity contribution in [3.05, 3.63) is 35.4 Å². The molecule has 130 valence electrons. The molecule has 1 fully saturated rings. The number of hydrogen-bond donors (Lipinski definition) is 2. The zero-order valence-corrected chi connectivity index (χ0v) is 13.8. The van der Waals surface area contributed by atoms with Crippen LogP contribution in [0.1, 0.15) is 50.2 Å². The summed E-state index contributed by atoms with van der Waals surface area (Å²) in [6.45, 7) is 4.56. The molecule has 0 heterocycles. The van der Waals surface area contributed by atoms with Gasteiger partial charge >= 0.3 is 6.18 Å². The Kier molecular flexibility index (Phi) is 6.90. The van der Waals surface area contributed by atoms with E-state index in [1.807, 2.05) is 0 Å². The Bertz CT molecular complexity index is 450. The van der Waals surface area contributed by atoms with Gasteiger partial charge in [0.2, 0.25) is 0 Å². The SMILES string of the molecule is C[C@H](NCCNCc1ccc(C(F)(F)F)cc1)C1CCCCC1. The van der Waals surface area contributed by atoms with Gasteiger partial charge in [-0.1, -0.05) is 31.4 Å². The molecule has 2 rings (SSSR count). The predicted molar refractivity (Wildman–Crippen MR) is 87.2 cm³/mol. The predicted octanol–water partition coefficient (Wildman–Crippen LogP) is 4.35. The van der Waals surface area contributed by atoms with Gasteiger partial charge in [0, 0.05) is 25.7 Å². The van der Waals surface area contributed by atoms with E-state index in [0.29, 0.717) is 12.6 Å². The topological polar surface area (TPSA) is 24.1 Å². The third-order valence-electron chi connectivity index (χ3n) is 4.74. The Morgan fingerprint density at radius 1 is 1.04 bits per heavy atom. The van der Waals surface area contributed by atoms with Gasteiger partial charge in [-0.25, -0.2) is 0 Å². The average molecular weight is 328 g/mol. The van der Waals surface area contributed by atoms with Gasteiger partial charge in [-0.15, -0.1) is 0 Å². The molecule has 1 saturated carbocycles. The number of alkyl halides is 3. The minimum absolute atomic E-state index is 0.545. The molecule has 0 aromatic heterocycles. The lowest BCUT2D eigenvalue weighted by Gasteiger charge is -2.28. The van der Waals surface area contributed by atoms with Crippen LogP contribution in [0.25, 0.3) is 0 Å². The standard InChI is InChI=1S/C18H27F3N2/c1-14(16-5-3-2-4-6-16)23-12-11-22-13-15-7-9-17(10-8-15)18(19,20)21/h7-10,14,16,22-23H,2-6,11-13H2,1H3/t14-/m0/s1. The van der Waals surface area contributed by atoms with Crippen LogP contribution in [0.4, 0.5) is 13.2 Å². The lowest BCUT2D eigenvalue weighted by molar-refractivity contribution is -0.137. The molecule has 0 unspecified atom stereocenters. The molecule has 0 saturated heterocycles. The molecular weight excluding hydrogens is 301 g/mol. The monoisotopic (exact) mass is 328 g/mol. The van der Waals surface area contributed by atoms with E-state index >= 15 is 0 Å². The first-order valence-corrected chi connectivity index (χ1v) is 8.57. The van der Waals surface area contributed by atoms with Gasteiger partial charge in [0.25, 0.3) is 0 Å². The fraction of sp³-hybridized carbons (Fsp3) is 0.667. The van der Waals surface area contributed by atoms with E-state index < -0.39 is 11.7 Å². The third-order valence-corrected chi connectivity index (χ3v) is 4.74. The van der Waals surface area contributed by atoms with E-state index in [1.165, 1.54) is 44.2 Å². The Morgan fingerprint density at radius 3 is 2.30 bits per heavy atom. The molecule has 1 aromatic rings. The number of benzene rings is 1. The van der Waals surface area contributed by atoms with Gasteiger partial charge in [-0.3, -0.25) is 0 Å². The molecule has 2 N–H and O–H groups in total. The molecule has 0 bridgehead atoms. The van der Waals surface area contributed by atoms with Crippen molar-refractivity contribution in [2.75, 3.05) is 13.1 Å². The van der Waals surface area contributed by atoms with Crippen molar-refractivity contribution in [3.63, 3.8) is 0 Å². The molecule has 1 aliphatic carbocycles. The maximum atomic E-state index is 12.5. The van der Waals surface area contributed by atoms with Crippen molar-refractivity contribution in [2.24, 2.45) is 5.92 Å². The minimum atomic E-state index is -4.26. The smallest absolute Gasteiger partial charge is 0.313 e. The van der Waals surface area contributed by atoms with Crippen LogP contribution in [-0.4, -0.2) is 19.1 Å². The first-order valence-electron chi connectivity index (χ1n) is 8.57. The largest absolute Gasteiger partial charge is 0.416 e. The molecule has 0 radical (unpaired) electrons. The molecule has 1 aromatic carbocycles. The van der Waals surface area contributed by atoms with Crippen LogP contribution in [0.15, 0.2) is 24.3 Å². The maximum absolute atomic E-state index is 12.5. The molecule has 5 heteroatoms. The lowest BCUT2D eigenvalue weighted by Crippen LogP contribution is -2.38. The second-order valence-corrected chi connectivity index (χ2v) is 6.51. The number of hydrogen-bond acceptors (Lipinski definition) is 2. The molecule has 2 nitrogen and oxygen atoms in total. The van der Waals surface area contributed by atoms with Crippen LogP contribution in [0, 0.1) is 5.92 Å². The van der Waals surface area contributed by atoms with Crippen molar-refractivity contribution < 1.29 is 13.2 Å². The van der Waals surface area contributed by atoms with Crippen molar-refractivity contribution in [1.29, 1.82) is 0 Å². The fourth-order valence-corrected chi connectivity index (χ4v) is 3.23. The zero-order chi connectivity index (χ0) is 16.7. The van der Waals surface area contributed by atoms with Gasteiger partial charge < -0.3 is 10.6 Å². The summed E-state index contributed by atoms with van der Waals surface area (Å²) in [6, 6.07) is 5.89. The molecule has 1 atom stereocenters. The van der Waals surface area contributed by atoms with Crippen molar-refractivity contribution in [1.82, 2.24) is 10.6 Å². The van der Waals surface area contributed by atoms with Gasteiger partial charge in [0.05, 0.1) is 5.56 Å². The maximum Gasteiger partial charge on any atom is 0.416 e. The molecular formula is C18H27F3N2.